The average Bonchev–Trinajstić information content (AvgIpc) is 3.15. The summed E-state index contributed by atoms with van der Waals surface area (Å²) in [5.41, 5.74) is 2.14. The quantitative estimate of drug-likeness (QED) is 0.745. The first kappa shape index (κ1) is 16.7. The van der Waals surface area contributed by atoms with Crippen molar-refractivity contribution in [1.29, 1.82) is 0 Å². The van der Waals surface area contributed by atoms with E-state index in [1.54, 1.807) is 24.6 Å². The van der Waals surface area contributed by atoms with E-state index in [1.807, 2.05) is 38.1 Å². The number of rotatable bonds is 6. The van der Waals surface area contributed by atoms with Crippen molar-refractivity contribution in [3.63, 3.8) is 0 Å². The van der Waals surface area contributed by atoms with Gasteiger partial charge >= 0.3 is 0 Å². The van der Waals surface area contributed by atoms with Gasteiger partial charge in [0.1, 0.15) is 5.69 Å². The summed E-state index contributed by atoms with van der Waals surface area (Å²) >= 11 is 0. The zero-order valence-electron chi connectivity index (χ0n) is 14.1. The molecule has 3 aromatic rings. The molecule has 0 bridgehead atoms. The molecule has 0 aliphatic carbocycles. The highest BCUT2D eigenvalue weighted by Gasteiger charge is 2.08. The van der Waals surface area contributed by atoms with Crippen LogP contribution >= 0.6 is 0 Å². The van der Waals surface area contributed by atoms with Crippen molar-refractivity contribution in [2.75, 3.05) is 0 Å². The molecule has 0 spiro atoms. The van der Waals surface area contributed by atoms with Crippen LogP contribution in [0.1, 0.15) is 29.8 Å². The lowest BCUT2D eigenvalue weighted by Crippen LogP contribution is -2.23. The Hall–Kier alpha value is -3.15. The molecule has 3 rings (SSSR count). The van der Waals surface area contributed by atoms with Crippen LogP contribution in [0, 0.1) is 0 Å². The molecule has 0 aliphatic rings. The van der Waals surface area contributed by atoms with Crippen molar-refractivity contribution in [1.82, 2.24) is 15.3 Å². The van der Waals surface area contributed by atoms with E-state index >= 15 is 0 Å². The predicted molar refractivity (Wildman–Crippen MR) is 93.1 cm³/mol. The molecule has 0 radical (unpaired) electrons. The third kappa shape index (κ3) is 4.44. The molecule has 0 aliphatic heterocycles. The molecule has 0 unspecified atom stereocenters. The summed E-state index contributed by atoms with van der Waals surface area (Å²) in [4.78, 5) is 20.6. The zero-order chi connectivity index (χ0) is 17.6. The average molecular weight is 337 g/mol. The zero-order valence-corrected chi connectivity index (χ0v) is 14.1. The Labute approximate surface area is 145 Å². The summed E-state index contributed by atoms with van der Waals surface area (Å²) < 4.78 is 10.8. The minimum absolute atomic E-state index is 0.0452. The molecule has 0 saturated heterocycles. The number of pyridine rings is 2. The van der Waals surface area contributed by atoms with Crippen molar-refractivity contribution >= 4 is 5.91 Å². The fraction of sp³-hybridized carbons (Fsp3) is 0.211. The van der Waals surface area contributed by atoms with E-state index in [-0.39, 0.29) is 12.0 Å². The topological polar surface area (TPSA) is 77.2 Å². The maximum atomic E-state index is 12.2. The van der Waals surface area contributed by atoms with Crippen molar-refractivity contribution < 1.29 is 13.9 Å². The molecule has 0 atom stereocenters. The van der Waals surface area contributed by atoms with E-state index in [2.05, 4.69) is 15.3 Å². The summed E-state index contributed by atoms with van der Waals surface area (Å²) in [6.07, 6.45) is 4.88. The predicted octanol–water partition coefficient (Wildman–Crippen LogP) is 3.45. The van der Waals surface area contributed by atoms with E-state index in [0.29, 0.717) is 23.7 Å². The number of carbonyl (C=O) groups is 1. The number of furan rings is 1. The number of hydrogen-bond acceptors (Lipinski definition) is 5. The summed E-state index contributed by atoms with van der Waals surface area (Å²) in [6.45, 7) is 4.23. The van der Waals surface area contributed by atoms with Crippen LogP contribution < -0.4 is 10.1 Å². The lowest BCUT2D eigenvalue weighted by atomic mass is 10.2. The van der Waals surface area contributed by atoms with Gasteiger partial charge in [0, 0.05) is 25.0 Å². The molecule has 6 heteroatoms. The molecule has 6 nitrogen and oxygen atoms in total. The molecule has 128 valence electrons. The lowest BCUT2D eigenvalue weighted by Gasteiger charge is -2.09. The van der Waals surface area contributed by atoms with Crippen LogP contribution in [0.3, 0.4) is 0 Å². The van der Waals surface area contributed by atoms with Gasteiger partial charge in [-0.05, 0) is 43.7 Å². The Bertz CT molecular complexity index is 810. The summed E-state index contributed by atoms with van der Waals surface area (Å²) in [6, 6.07) is 10.8. The van der Waals surface area contributed by atoms with E-state index in [4.69, 9.17) is 9.15 Å². The second-order valence-electron chi connectivity index (χ2n) is 5.76. The van der Waals surface area contributed by atoms with Crippen molar-refractivity contribution in [3.8, 4) is 17.3 Å². The van der Waals surface area contributed by atoms with Crippen LogP contribution in [0.25, 0.3) is 11.5 Å². The Morgan fingerprint density at radius 1 is 1.16 bits per heavy atom. The van der Waals surface area contributed by atoms with Crippen molar-refractivity contribution in [2.45, 2.75) is 26.5 Å². The lowest BCUT2D eigenvalue weighted by molar-refractivity contribution is 0.0950. The molecule has 0 aromatic carbocycles. The van der Waals surface area contributed by atoms with Gasteiger partial charge in [0.2, 0.25) is 5.88 Å². The van der Waals surface area contributed by atoms with Gasteiger partial charge in [-0.15, -0.1) is 0 Å². The van der Waals surface area contributed by atoms with Crippen molar-refractivity contribution in [2.24, 2.45) is 0 Å². The number of nitrogens with zero attached hydrogens (tertiary/aromatic N) is 2. The molecule has 1 N–H and O–H groups in total. The van der Waals surface area contributed by atoms with Gasteiger partial charge in [0.15, 0.2) is 5.76 Å². The minimum Gasteiger partial charge on any atom is -0.475 e. The van der Waals surface area contributed by atoms with Crippen LogP contribution in [-0.4, -0.2) is 22.0 Å². The highest BCUT2D eigenvalue weighted by atomic mass is 16.5. The normalized spacial score (nSPS) is 10.7. The third-order valence-electron chi connectivity index (χ3n) is 3.41. The molecule has 3 heterocycles. The van der Waals surface area contributed by atoms with Crippen LogP contribution in [0.2, 0.25) is 0 Å². The first-order valence-corrected chi connectivity index (χ1v) is 8.01. The van der Waals surface area contributed by atoms with Crippen LogP contribution in [0.5, 0.6) is 5.88 Å². The smallest absolute Gasteiger partial charge is 0.253 e. The van der Waals surface area contributed by atoms with Crippen molar-refractivity contribution in [3.05, 3.63) is 66.2 Å². The first-order chi connectivity index (χ1) is 12.1. The Balaban J connectivity index is 1.56. The number of amides is 1. The van der Waals surface area contributed by atoms with Gasteiger partial charge in [-0.1, -0.05) is 6.07 Å². The molecule has 0 saturated carbocycles. The van der Waals surface area contributed by atoms with E-state index < -0.39 is 0 Å². The number of nitrogens with one attached hydrogen (secondary N) is 1. The summed E-state index contributed by atoms with van der Waals surface area (Å²) in [7, 11) is 0. The Morgan fingerprint density at radius 3 is 2.64 bits per heavy atom. The largest absolute Gasteiger partial charge is 0.475 e. The molecule has 25 heavy (non-hydrogen) atoms. The van der Waals surface area contributed by atoms with E-state index in [9.17, 15) is 4.79 Å². The van der Waals surface area contributed by atoms with Crippen LogP contribution in [0.4, 0.5) is 0 Å². The number of ether oxygens (including phenoxy) is 1. The monoisotopic (exact) mass is 337 g/mol. The molecular formula is C19H19N3O3. The summed E-state index contributed by atoms with van der Waals surface area (Å²) in [5, 5.41) is 2.85. The van der Waals surface area contributed by atoms with Gasteiger partial charge in [-0.25, -0.2) is 4.98 Å². The van der Waals surface area contributed by atoms with Gasteiger partial charge in [0.25, 0.3) is 5.91 Å². The van der Waals surface area contributed by atoms with E-state index in [1.165, 1.54) is 6.20 Å². The SMILES string of the molecule is CC(C)Oc1ccc(C(=O)NCc2ccc(-c3ccco3)nc2)cn1. The third-order valence-corrected chi connectivity index (χ3v) is 3.41. The summed E-state index contributed by atoms with van der Waals surface area (Å²) in [5.74, 6) is 1.02. The van der Waals surface area contributed by atoms with Crippen LogP contribution in [0.15, 0.2) is 59.5 Å². The maximum absolute atomic E-state index is 12.2. The standard InChI is InChI=1S/C19H19N3O3/c1-13(2)25-18-8-6-15(12-21-18)19(23)22-11-14-5-7-16(20-10-14)17-4-3-9-24-17/h3-10,12-13H,11H2,1-2H3,(H,22,23). The second-order valence-corrected chi connectivity index (χ2v) is 5.76. The number of hydrogen-bond donors (Lipinski definition) is 1. The fourth-order valence-corrected chi connectivity index (χ4v) is 2.21. The highest BCUT2D eigenvalue weighted by molar-refractivity contribution is 5.93. The van der Waals surface area contributed by atoms with Gasteiger partial charge < -0.3 is 14.5 Å². The molecule has 0 fully saturated rings. The highest BCUT2D eigenvalue weighted by Crippen LogP contribution is 2.17. The fourth-order valence-electron chi connectivity index (χ4n) is 2.21. The van der Waals surface area contributed by atoms with Gasteiger partial charge in [-0.3, -0.25) is 9.78 Å². The molecule has 1 amide bonds. The number of carbonyl (C=O) groups excluding carboxylic acids is 1. The first-order valence-electron chi connectivity index (χ1n) is 8.01. The Kier molecular flexibility index (Phi) is 5.09. The minimum atomic E-state index is -0.196. The van der Waals surface area contributed by atoms with Gasteiger partial charge in [-0.2, -0.15) is 0 Å². The maximum Gasteiger partial charge on any atom is 0.253 e. The second kappa shape index (κ2) is 7.61. The molecule has 3 aromatic heterocycles. The van der Waals surface area contributed by atoms with Gasteiger partial charge in [0.05, 0.1) is 17.9 Å². The van der Waals surface area contributed by atoms with E-state index in [0.717, 1.165) is 11.3 Å². The Morgan fingerprint density at radius 2 is 2.04 bits per heavy atom. The molecular weight excluding hydrogens is 318 g/mol. The van der Waals surface area contributed by atoms with Crippen LogP contribution in [-0.2, 0) is 6.54 Å². The number of aromatic nitrogens is 2.